The van der Waals surface area contributed by atoms with Crippen LogP contribution in [0, 0.1) is 17.2 Å². The van der Waals surface area contributed by atoms with E-state index in [9.17, 15) is 9.59 Å². The van der Waals surface area contributed by atoms with Gasteiger partial charge in [-0.2, -0.15) is 5.26 Å². The lowest BCUT2D eigenvalue weighted by molar-refractivity contribution is -0.115. The van der Waals surface area contributed by atoms with Gasteiger partial charge in [-0.15, -0.1) is 0 Å². The van der Waals surface area contributed by atoms with E-state index in [4.69, 9.17) is 5.26 Å². The van der Waals surface area contributed by atoms with E-state index in [2.05, 4.69) is 26.2 Å². The zero-order valence-corrected chi connectivity index (χ0v) is 19.3. The predicted molar refractivity (Wildman–Crippen MR) is 124 cm³/mol. The van der Waals surface area contributed by atoms with Crippen LogP contribution in [0.4, 0.5) is 5.69 Å². The highest BCUT2D eigenvalue weighted by molar-refractivity contribution is 9.10. The van der Waals surface area contributed by atoms with Crippen molar-refractivity contribution in [1.29, 1.82) is 5.26 Å². The molecule has 154 valence electrons. The van der Waals surface area contributed by atoms with E-state index in [-0.39, 0.29) is 17.4 Å². The Hall–Kier alpha value is -2.63. The maximum absolute atomic E-state index is 13.1. The van der Waals surface area contributed by atoms with Crippen LogP contribution in [0.3, 0.4) is 0 Å². The first-order chi connectivity index (χ1) is 14.3. The summed E-state index contributed by atoms with van der Waals surface area (Å²) in [6, 6.07) is 14.1. The smallest absolute Gasteiger partial charge is 0.262 e. The van der Waals surface area contributed by atoms with Gasteiger partial charge in [0.25, 0.3) is 5.56 Å². The van der Waals surface area contributed by atoms with E-state index >= 15 is 0 Å². The molecule has 30 heavy (non-hydrogen) atoms. The Morgan fingerprint density at radius 2 is 1.93 bits per heavy atom. The molecule has 2 aromatic carbocycles. The van der Waals surface area contributed by atoms with Crippen LogP contribution in [0.25, 0.3) is 10.9 Å². The average molecular weight is 485 g/mol. The van der Waals surface area contributed by atoms with Gasteiger partial charge >= 0.3 is 0 Å². The molecule has 6 nitrogen and oxygen atoms in total. The molecule has 1 amide bonds. The minimum atomic E-state index is -0.473. The van der Waals surface area contributed by atoms with Gasteiger partial charge < -0.3 is 5.32 Å². The Balaban J connectivity index is 1.89. The molecule has 8 heteroatoms. The number of halogens is 1. The lowest BCUT2D eigenvalue weighted by Crippen LogP contribution is -2.28. The third-order valence-corrected chi connectivity index (χ3v) is 5.95. The fourth-order valence-electron chi connectivity index (χ4n) is 2.87. The Kier molecular flexibility index (Phi) is 6.95. The molecule has 1 unspecified atom stereocenters. The van der Waals surface area contributed by atoms with Gasteiger partial charge in [-0.05, 0) is 55.3 Å². The fraction of sp³-hybridized carbons (Fsp3) is 0.273. The maximum atomic E-state index is 13.1. The molecule has 1 N–H and O–H groups in total. The first kappa shape index (κ1) is 22.1. The molecular weight excluding hydrogens is 464 g/mol. The second-order valence-corrected chi connectivity index (χ2v) is 9.53. The van der Waals surface area contributed by atoms with E-state index in [1.165, 1.54) is 11.8 Å². The summed E-state index contributed by atoms with van der Waals surface area (Å²) in [4.78, 5) is 30.5. The number of fused-ring (bicyclic) bond motifs is 1. The van der Waals surface area contributed by atoms with Gasteiger partial charge in [-0.1, -0.05) is 41.5 Å². The van der Waals surface area contributed by atoms with Crippen molar-refractivity contribution in [1.82, 2.24) is 9.55 Å². The van der Waals surface area contributed by atoms with Gasteiger partial charge in [-0.25, -0.2) is 4.98 Å². The van der Waals surface area contributed by atoms with Crippen molar-refractivity contribution in [3.8, 4) is 6.07 Å². The minimum absolute atomic E-state index is 0.114. The van der Waals surface area contributed by atoms with Crippen molar-refractivity contribution in [2.75, 3.05) is 5.32 Å². The first-order valence-electron chi connectivity index (χ1n) is 9.46. The summed E-state index contributed by atoms with van der Waals surface area (Å²) >= 11 is 4.66. The molecular formula is C22H21BrN4O2S. The molecule has 0 aliphatic rings. The molecule has 0 aliphatic carbocycles. The number of rotatable bonds is 6. The fourth-order valence-corrected chi connectivity index (χ4v) is 4.15. The molecule has 0 aliphatic heterocycles. The highest BCUT2D eigenvalue weighted by Gasteiger charge is 2.20. The molecule has 3 aromatic rings. The van der Waals surface area contributed by atoms with Crippen molar-refractivity contribution in [2.45, 2.75) is 37.7 Å². The number of benzene rings is 2. The average Bonchev–Trinajstić information content (AvgIpc) is 2.71. The predicted octanol–water partition coefficient (Wildman–Crippen LogP) is 4.81. The molecule has 0 saturated heterocycles. The van der Waals surface area contributed by atoms with Gasteiger partial charge in [0.1, 0.15) is 0 Å². The van der Waals surface area contributed by atoms with Gasteiger partial charge in [-0.3, -0.25) is 14.2 Å². The van der Waals surface area contributed by atoms with Crippen LogP contribution >= 0.6 is 27.7 Å². The van der Waals surface area contributed by atoms with Crippen LogP contribution in [0.15, 0.2) is 56.9 Å². The van der Waals surface area contributed by atoms with Gasteiger partial charge in [0.2, 0.25) is 5.91 Å². The maximum Gasteiger partial charge on any atom is 0.262 e. The number of nitrogens with zero attached hydrogens (tertiary/aromatic N) is 3. The summed E-state index contributed by atoms with van der Waals surface area (Å²) in [6.07, 6.45) is 0. The summed E-state index contributed by atoms with van der Waals surface area (Å²) in [5.41, 5.74) is 1.63. The lowest BCUT2D eigenvalue weighted by Gasteiger charge is -2.17. The van der Waals surface area contributed by atoms with Gasteiger partial charge in [0.05, 0.1) is 27.8 Å². The summed E-state index contributed by atoms with van der Waals surface area (Å²) in [5.74, 6) is 0.0437. The number of amides is 1. The monoisotopic (exact) mass is 484 g/mol. The number of carbonyl (C=O) groups excluding carboxylic acids is 1. The van der Waals surface area contributed by atoms with E-state index in [1.807, 2.05) is 26.0 Å². The SMILES string of the molecule is CC(C)Cn1c(SC(C)C(=O)Nc2ccc(C#N)cc2)nc2ccc(Br)cc2c1=O. The highest BCUT2D eigenvalue weighted by atomic mass is 79.9. The summed E-state index contributed by atoms with van der Waals surface area (Å²) < 4.78 is 2.47. The van der Waals surface area contributed by atoms with Crippen LogP contribution in [-0.2, 0) is 11.3 Å². The molecule has 1 aromatic heterocycles. The zero-order chi connectivity index (χ0) is 21.8. The molecule has 1 atom stereocenters. The standard InChI is InChI=1S/C22H21BrN4O2S/c1-13(2)12-27-21(29)18-10-16(23)6-9-19(18)26-22(27)30-14(3)20(28)25-17-7-4-15(11-24)5-8-17/h4-10,13-14H,12H2,1-3H3,(H,25,28). The van der Waals surface area contributed by atoms with Gasteiger partial charge in [0.15, 0.2) is 5.16 Å². The van der Waals surface area contributed by atoms with Crippen LogP contribution in [0.5, 0.6) is 0 Å². The molecule has 0 spiro atoms. The van der Waals surface area contributed by atoms with Crippen LogP contribution in [0.2, 0.25) is 0 Å². The topological polar surface area (TPSA) is 87.8 Å². The minimum Gasteiger partial charge on any atom is -0.325 e. The van der Waals surface area contributed by atoms with Crippen molar-refractivity contribution in [3.05, 3.63) is 62.9 Å². The second-order valence-electron chi connectivity index (χ2n) is 7.30. The Morgan fingerprint density at radius 1 is 1.23 bits per heavy atom. The summed E-state index contributed by atoms with van der Waals surface area (Å²) in [6.45, 7) is 6.36. The highest BCUT2D eigenvalue weighted by Crippen LogP contribution is 2.25. The normalized spacial score (nSPS) is 12.0. The number of hydrogen-bond acceptors (Lipinski definition) is 5. The third kappa shape index (κ3) is 5.10. The molecule has 3 rings (SSSR count). The number of anilines is 1. The number of thioether (sulfide) groups is 1. The van der Waals surface area contributed by atoms with Gasteiger partial charge in [0, 0.05) is 16.7 Å². The Morgan fingerprint density at radius 3 is 2.57 bits per heavy atom. The Labute approximate surface area is 187 Å². The number of aromatic nitrogens is 2. The van der Waals surface area contributed by atoms with E-state index in [1.54, 1.807) is 47.9 Å². The summed E-state index contributed by atoms with van der Waals surface area (Å²) in [7, 11) is 0. The Bertz CT molecular complexity index is 1180. The number of nitrogens with one attached hydrogen (secondary N) is 1. The number of nitriles is 1. The molecule has 0 saturated carbocycles. The van der Waals surface area contributed by atoms with E-state index in [0.717, 1.165) is 4.47 Å². The molecule has 0 fully saturated rings. The van der Waals surface area contributed by atoms with Crippen LogP contribution < -0.4 is 10.9 Å². The molecule has 1 heterocycles. The largest absolute Gasteiger partial charge is 0.325 e. The molecule has 0 bridgehead atoms. The van der Waals surface area contributed by atoms with E-state index in [0.29, 0.717) is 33.9 Å². The lowest BCUT2D eigenvalue weighted by atomic mass is 10.2. The van der Waals surface area contributed by atoms with Crippen molar-refractivity contribution in [3.63, 3.8) is 0 Å². The number of carbonyl (C=O) groups is 1. The zero-order valence-electron chi connectivity index (χ0n) is 16.8. The van der Waals surface area contributed by atoms with Crippen LogP contribution in [-0.4, -0.2) is 20.7 Å². The quantitative estimate of drug-likeness (QED) is 0.400. The summed E-state index contributed by atoms with van der Waals surface area (Å²) in [5, 5.41) is 12.3. The van der Waals surface area contributed by atoms with Crippen LogP contribution in [0.1, 0.15) is 26.3 Å². The first-order valence-corrected chi connectivity index (χ1v) is 11.1. The van der Waals surface area contributed by atoms with E-state index < -0.39 is 5.25 Å². The van der Waals surface area contributed by atoms with Crippen molar-refractivity contribution in [2.24, 2.45) is 5.92 Å². The third-order valence-electron chi connectivity index (χ3n) is 4.36. The number of hydrogen-bond donors (Lipinski definition) is 1. The van der Waals surface area contributed by atoms with Crippen molar-refractivity contribution >= 4 is 50.2 Å². The van der Waals surface area contributed by atoms with Crippen molar-refractivity contribution < 1.29 is 4.79 Å². The second kappa shape index (κ2) is 9.45. The molecule has 0 radical (unpaired) electrons.